The van der Waals surface area contributed by atoms with Crippen molar-refractivity contribution in [2.24, 2.45) is 0 Å². The summed E-state index contributed by atoms with van der Waals surface area (Å²) >= 11 is 3.66. The molecule has 0 aromatic heterocycles. The minimum Gasteiger partial charge on any atom is -0.307 e. The molecule has 2 aliphatic carbocycles. The van der Waals surface area contributed by atoms with Gasteiger partial charge in [-0.15, -0.1) is 0 Å². The van der Waals surface area contributed by atoms with Crippen molar-refractivity contribution in [2.75, 3.05) is 0 Å². The summed E-state index contributed by atoms with van der Waals surface area (Å²) in [4.78, 5) is 0. The molecule has 0 spiro atoms. The minimum atomic E-state index is 0.610. The van der Waals surface area contributed by atoms with Gasteiger partial charge in [0, 0.05) is 16.6 Å². The van der Waals surface area contributed by atoms with Crippen molar-refractivity contribution >= 4 is 15.9 Å². The molecule has 1 atom stereocenters. The van der Waals surface area contributed by atoms with Crippen LogP contribution in [0, 0.1) is 0 Å². The summed E-state index contributed by atoms with van der Waals surface area (Å²) in [5, 5.41) is 3.76. The monoisotopic (exact) mass is 265 g/mol. The molecule has 1 fully saturated rings. The van der Waals surface area contributed by atoms with E-state index in [2.05, 4.69) is 39.4 Å². The molecule has 0 bridgehead atoms. The highest BCUT2D eigenvalue weighted by Gasteiger charge is 2.28. The van der Waals surface area contributed by atoms with Crippen LogP contribution >= 0.6 is 15.9 Å². The van der Waals surface area contributed by atoms with E-state index in [1.54, 1.807) is 0 Å². The molecule has 1 N–H and O–H groups in total. The minimum absolute atomic E-state index is 0.610. The van der Waals surface area contributed by atoms with Gasteiger partial charge in [0.05, 0.1) is 0 Å². The Balaban J connectivity index is 1.91. The van der Waals surface area contributed by atoms with Crippen LogP contribution in [-0.2, 0) is 6.42 Å². The second-order valence-electron chi connectivity index (χ2n) is 4.69. The van der Waals surface area contributed by atoms with Gasteiger partial charge in [0.2, 0.25) is 0 Å². The lowest BCUT2D eigenvalue weighted by Crippen LogP contribution is -2.27. The van der Waals surface area contributed by atoms with Crippen LogP contribution in [0.15, 0.2) is 22.7 Å². The number of nitrogens with one attached hydrogen (secondary N) is 1. The SMILES string of the molecule is Brc1cccc2c1CCCC2NC1CC1. The summed E-state index contributed by atoms with van der Waals surface area (Å²) in [6, 6.07) is 8.03. The Morgan fingerprint density at radius 1 is 1.20 bits per heavy atom. The standard InChI is InChI=1S/C13H16BrN/c14-12-5-1-4-11-10(12)3-2-6-13(11)15-9-7-8-9/h1,4-5,9,13,15H,2-3,6-8H2. The molecule has 0 amide bonds. The lowest BCUT2D eigenvalue weighted by atomic mass is 9.87. The van der Waals surface area contributed by atoms with Crippen molar-refractivity contribution < 1.29 is 0 Å². The third kappa shape index (κ3) is 1.98. The van der Waals surface area contributed by atoms with Crippen molar-refractivity contribution in [3.63, 3.8) is 0 Å². The molecule has 0 radical (unpaired) electrons. The fourth-order valence-electron chi connectivity index (χ4n) is 2.51. The van der Waals surface area contributed by atoms with E-state index in [1.165, 1.54) is 47.7 Å². The summed E-state index contributed by atoms with van der Waals surface area (Å²) in [5.74, 6) is 0. The molecule has 80 valence electrons. The third-order valence-electron chi connectivity index (χ3n) is 3.46. The predicted octanol–water partition coefficient (Wildman–Crippen LogP) is 3.58. The van der Waals surface area contributed by atoms with Crippen molar-refractivity contribution in [1.82, 2.24) is 5.32 Å². The Morgan fingerprint density at radius 2 is 2.07 bits per heavy atom. The van der Waals surface area contributed by atoms with Crippen molar-refractivity contribution in [3.8, 4) is 0 Å². The molecule has 1 aromatic carbocycles. The van der Waals surface area contributed by atoms with Crippen LogP contribution in [-0.4, -0.2) is 6.04 Å². The van der Waals surface area contributed by atoms with Crippen molar-refractivity contribution in [1.29, 1.82) is 0 Å². The summed E-state index contributed by atoms with van der Waals surface area (Å²) in [7, 11) is 0. The first-order valence-corrected chi connectivity index (χ1v) is 6.67. The average Bonchev–Trinajstić information content (AvgIpc) is 3.04. The Hall–Kier alpha value is -0.340. The van der Waals surface area contributed by atoms with Crippen LogP contribution in [0.25, 0.3) is 0 Å². The van der Waals surface area contributed by atoms with Crippen LogP contribution in [0.2, 0.25) is 0 Å². The zero-order valence-electron chi connectivity index (χ0n) is 8.80. The molecule has 15 heavy (non-hydrogen) atoms. The van der Waals surface area contributed by atoms with E-state index < -0.39 is 0 Å². The molecule has 1 aromatic rings. The second-order valence-corrected chi connectivity index (χ2v) is 5.55. The van der Waals surface area contributed by atoms with Gasteiger partial charge in [0.1, 0.15) is 0 Å². The Bertz CT molecular complexity index is 371. The van der Waals surface area contributed by atoms with Gasteiger partial charge in [-0.05, 0) is 49.3 Å². The fraction of sp³-hybridized carbons (Fsp3) is 0.538. The smallest absolute Gasteiger partial charge is 0.0325 e. The molecule has 0 heterocycles. The van der Waals surface area contributed by atoms with E-state index in [-0.39, 0.29) is 0 Å². The Labute approximate surface area is 99.4 Å². The second kappa shape index (κ2) is 3.91. The largest absolute Gasteiger partial charge is 0.307 e. The van der Waals surface area contributed by atoms with E-state index in [9.17, 15) is 0 Å². The van der Waals surface area contributed by atoms with E-state index in [0.29, 0.717) is 6.04 Å². The average molecular weight is 266 g/mol. The number of hydrogen-bond donors (Lipinski definition) is 1. The molecule has 1 saturated carbocycles. The van der Waals surface area contributed by atoms with Crippen LogP contribution < -0.4 is 5.32 Å². The molecular weight excluding hydrogens is 250 g/mol. The van der Waals surface area contributed by atoms with Crippen LogP contribution in [0.4, 0.5) is 0 Å². The maximum Gasteiger partial charge on any atom is 0.0325 e. The molecule has 1 unspecified atom stereocenters. The highest BCUT2D eigenvalue weighted by atomic mass is 79.9. The number of halogens is 1. The first kappa shape index (κ1) is 9.86. The van der Waals surface area contributed by atoms with E-state index >= 15 is 0 Å². The maximum atomic E-state index is 3.76. The van der Waals surface area contributed by atoms with E-state index in [0.717, 1.165) is 6.04 Å². The van der Waals surface area contributed by atoms with E-state index in [4.69, 9.17) is 0 Å². The number of fused-ring (bicyclic) bond motifs is 1. The number of hydrogen-bond acceptors (Lipinski definition) is 1. The van der Waals surface area contributed by atoms with Gasteiger partial charge in [0.15, 0.2) is 0 Å². The highest BCUT2D eigenvalue weighted by Crippen LogP contribution is 2.36. The zero-order chi connectivity index (χ0) is 10.3. The van der Waals surface area contributed by atoms with Gasteiger partial charge in [-0.3, -0.25) is 0 Å². The van der Waals surface area contributed by atoms with Gasteiger partial charge in [-0.2, -0.15) is 0 Å². The van der Waals surface area contributed by atoms with Crippen LogP contribution in [0.3, 0.4) is 0 Å². The number of rotatable bonds is 2. The maximum absolute atomic E-state index is 3.76. The van der Waals surface area contributed by atoms with Gasteiger partial charge >= 0.3 is 0 Å². The van der Waals surface area contributed by atoms with Gasteiger partial charge in [-0.25, -0.2) is 0 Å². The van der Waals surface area contributed by atoms with E-state index in [1.807, 2.05) is 0 Å². The quantitative estimate of drug-likeness (QED) is 0.862. The molecule has 0 aliphatic heterocycles. The zero-order valence-corrected chi connectivity index (χ0v) is 10.4. The fourth-order valence-corrected chi connectivity index (χ4v) is 3.09. The summed E-state index contributed by atoms with van der Waals surface area (Å²) in [5.41, 5.74) is 3.06. The third-order valence-corrected chi connectivity index (χ3v) is 4.21. The van der Waals surface area contributed by atoms with Gasteiger partial charge in [0.25, 0.3) is 0 Å². The normalized spacial score (nSPS) is 25.0. The topological polar surface area (TPSA) is 12.0 Å². The molecule has 3 rings (SSSR count). The van der Waals surface area contributed by atoms with Crippen molar-refractivity contribution in [2.45, 2.75) is 44.2 Å². The van der Waals surface area contributed by atoms with Crippen molar-refractivity contribution in [3.05, 3.63) is 33.8 Å². The van der Waals surface area contributed by atoms with Crippen LogP contribution in [0.5, 0.6) is 0 Å². The first-order chi connectivity index (χ1) is 7.34. The summed E-state index contributed by atoms with van der Waals surface area (Å²) in [6.07, 6.45) is 6.61. The highest BCUT2D eigenvalue weighted by molar-refractivity contribution is 9.10. The molecule has 2 aliphatic rings. The molecular formula is C13H16BrN. The first-order valence-electron chi connectivity index (χ1n) is 5.88. The molecule has 1 nitrogen and oxygen atoms in total. The molecule has 0 saturated heterocycles. The summed E-state index contributed by atoms with van der Waals surface area (Å²) < 4.78 is 1.29. The Morgan fingerprint density at radius 3 is 2.87 bits per heavy atom. The lowest BCUT2D eigenvalue weighted by Gasteiger charge is -2.27. The predicted molar refractivity (Wildman–Crippen MR) is 66.0 cm³/mol. The number of benzene rings is 1. The lowest BCUT2D eigenvalue weighted by molar-refractivity contribution is 0.456. The van der Waals surface area contributed by atoms with Crippen LogP contribution in [0.1, 0.15) is 42.9 Å². The van der Waals surface area contributed by atoms with Gasteiger partial charge < -0.3 is 5.32 Å². The Kier molecular flexibility index (Phi) is 2.57. The summed E-state index contributed by atoms with van der Waals surface area (Å²) in [6.45, 7) is 0. The molecule has 2 heteroatoms. The van der Waals surface area contributed by atoms with Gasteiger partial charge in [-0.1, -0.05) is 28.1 Å².